The molecular formula is C22H17ClN2O3. The Morgan fingerprint density at radius 3 is 2.79 bits per heavy atom. The van der Waals surface area contributed by atoms with Crippen LogP contribution in [0.1, 0.15) is 27.4 Å². The first kappa shape index (κ1) is 18.1. The summed E-state index contributed by atoms with van der Waals surface area (Å²) >= 11 is 6.18. The van der Waals surface area contributed by atoms with E-state index in [9.17, 15) is 4.79 Å². The normalized spacial score (nSPS) is 11.5. The number of carboxylic acids is 1. The first-order valence-corrected chi connectivity index (χ1v) is 9.10. The maximum Gasteiger partial charge on any atom is 0.371 e. The third-order valence-electron chi connectivity index (χ3n) is 4.60. The summed E-state index contributed by atoms with van der Waals surface area (Å²) < 4.78 is 7.42. The van der Waals surface area contributed by atoms with E-state index in [0.717, 1.165) is 27.7 Å². The molecule has 1 N–H and O–H groups in total. The lowest BCUT2D eigenvalue weighted by molar-refractivity contribution is 0.0660. The van der Waals surface area contributed by atoms with Crippen molar-refractivity contribution < 1.29 is 14.3 Å². The number of halogens is 1. The van der Waals surface area contributed by atoms with Crippen molar-refractivity contribution >= 4 is 40.4 Å². The van der Waals surface area contributed by atoms with Gasteiger partial charge >= 0.3 is 5.97 Å². The van der Waals surface area contributed by atoms with Crippen molar-refractivity contribution in [3.63, 3.8) is 0 Å². The fourth-order valence-electron chi connectivity index (χ4n) is 3.13. The Hall–Kier alpha value is -3.31. The van der Waals surface area contributed by atoms with E-state index in [1.165, 1.54) is 6.07 Å². The second-order valence-electron chi connectivity index (χ2n) is 6.44. The summed E-state index contributed by atoms with van der Waals surface area (Å²) in [5.74, 6) is -0.565. The number of hydrogen-bond acceptors (Lipinski definition) is 3. The molecule has 5 nitrogen and oxygen atoms in total. The summed E-state index contributed by atoms with van der Waals surface area (Å²) in [5.41, 5.74) is 3.72. The molecule has 2 heterocycles. The molecule has 0 aliphatic rings. The van der Waals surface area contributed by atoms with Gasteiger partial charge in [-0.2, -0.15) is 0 Å². The van der Waals surface area contributed by atoms with Crippen molar-refractivity contribution in [1.29, 1.82) is 0 Å². The minimum Gasteiger partial charge on any atom is -0.475 e. The number of para-hydroxylation sites is 1. The van der Waals surface area contributed by atoms with Crippen molar-refractivity contribution in [2.45, 2.75) is 13.5 Å². The molecule has 2 aromatic heterocycles. The number of carboxylic acid groups (broad SMARTS) is 1. The van der Waals surface area contributed by atoms with Gasteiger partial charge in [0.2, 0.25) is 5.76 Å². The lowest BCUT2D eigenvalue weighted by Crippen LogP contribution is -1.97. The van der Waals surface area contributed by atoms with Gasteiger partial charge in [-0.3, -0.25) is 4.99 Å². The van der Waals surface area contributed by atoms with Crippen LogP contribution >= 0.6 is 11.6 Å². The predicted octanol–water partition coefficient (Wildman–Crippen LogP) is 5.69. The number of aromatic carboxylic acids is 1. The van der Waals surface area contributed by atoms with Crippen LogP contribution in [0, 0.1) is 6.92 Å². The van der Waals surface area contributed by atoms with E-state index in [4.69, 9.17) is 21.1 Å². The first-order valence-electron chi connectivity index (χ1n) is 8.72. The van der Waals surface area contributed by atoms with E-state index in [2.05, 4.69) is 4.99 Å². The van der Waals surface area contributed by atoms with Crippen LogP contribution in [0.4, 0.5) is 5.69 Å². The number of aromatic nitrogens is 1. The molecule has 0 saturated heterocycles. The summed E-state index contributed by atoms with van der Waals surface area (Å²) in [5, 5.41) is 10.8. The summed E-state index contributed by atoms with van der Waals surface area (Å²) in [7, 11) is 0. The zero-order valence-electron chi connectivity index (χ0n) is 15.1. The summed E-state index contributed by atoms with van der Waals surface area (Å²) in [6, 6.07) is 16.8. The van der Waals surface area contributed by atoms with E-state index < -0.39 is 5.97 Å². The van der Waals surface area contributed by atoms with E-state index in [0.29, 0.717) is 17.3 Å². The van der Waals surface area contributed by atoms with E-state index in [1.807, 2.05) is 66.4 Å². The Balaban J connectivity index is 1.71. The molecule has 4 rings (SSSR count). The van der Waals surface area contributed by atoms with Gasteiger partial charge in [0.1, 0.15) is 5.76 Å². The molecule has 0 saturated carbocycles. The van der Waals surface area contributed by atoms with Crippen LogP contribution in [0.2, 0.25) is 5.02 Å². The molecule has 2 aromatic carbocycles. The van der Waals surface area contributed by atoms with Gasteiger partial charge in [0, 0.05) is 33.9 Å². The van der Waals surface area contributed by atoms with Gasteiger partial charge in [-0.25, -0.2) is 4.79 Å². The largest absolute Gasteiger partial charge is 0.475 e. The van der Waals surface area contributed by atoms with Crippen LogP contribution in [-0.4, -0.2) is 21.9 Å². The highest BCUT2D eigenvalue weighted by atomic mass is 35.5. The number of rotatable bonds is 5. The highest BCUT2D eigenvalue weighted by Crippen LogP contribution is 2.27. The Labute approximate surface area is 166 Å². The Kier molecular flexibility index (Phi) is 4.75. The van der Waals surface area contributed by atoms with Crippen molar-refractivity contribution in [2.75, 3.05) is 0 Å². The number of hydrogen-bond donors (Lipinski definition) is 1. The average Bonchev–Trinajstić information content (AvgIpc) is 3.29. The van der Waals surface area contributed by atoms with Gasteiger partial charge < -0.3 is 14.1 Å². The fourth-order valence-corrected chi connectivity index (χ4v) is 3.30. The number of benzene rings is 2. The summed E-state index contributed by atoms with van der Waals surface area (Å²) in [6.45, 7) is 2.37. The second-order valence-corrected chi connectivity index (χ2v) is 6.85. The van der Waals surface area contributed by atoms with Crippen molar-refractivity contribution in [3.8, 4) is 0 Å². The SMILES string of the molecule is Cc1c(Cl)cccc1N=Cc1cn(Cc2ccc(C(=O)O)o2)c2ccccc12. The molecule has 0 fully saturated rings. The molecule has 0 aliphatic heterocycles. The van der Waals surface area contributed by atoms with Crippen LogP contribution in [0.25, 0.3) is 10.9 Å². The second kappa shape index (κ2) is 7.37. The number of aliphatic imine (C=N–C) groups is 1. The summed E-state index contributed by atoms with van der Waals surface area (Å²) in [4.78, 5) is 15.6. The standard InChI is InChI=1S/C22H17ClN2O3/c1-14-18(23)6-4-7-19(14)24-11-15-12-25(20-8-3-2-5-17(15)20)13-16-9-10-21(28-16)22(26)27/h2-12H,13H2,1H3,(H,26,27). The number of carbonyl (C=O) groups is 1. The van der Waals surface area contributed by atoms with Gasteiger partial charge in [-0.1, -0.05) is 35.9 Å². The number of nitrogens with zero attached hydrogens (tertiary/aromatic N) is 2. The van der Waals surface area contributed by atoms with Crippen LogP contribution in [0.3, 0.4) is 0 Å². The molecule has 6 heteroatoms. The first-order chi connectivity index (χ1) is 13.5. The monoisotopic (exact) mass is 392 g/mol. The maximum absolute atomic E-state index is 11.0. The third kappa shape index (κ3) is 3.44. The average molecular weight is 393 g/mol. The molecule has 28 heavy (non-hydrogen) atoms. The molecule has 0 radical (unpaired) electrons. The van der Waals surface area contributed by atoms with Crippen molar-refractivity contribution in [1.82, 2.24) is 4.57 Å². The minimum atomic E-state index is -1.08. The third-order valence-corrected chi connectivity index (χ3v) is 5.01. The van der Waals surface area contributed by atoms with Crippen LogP contribution < -0.4 is 0 Å². The van der Waals surface area contributed by atoms with Gasteiger partial charge in [-0.05, 0) is 42.8 Å². The van der Waals surface area contributed by atoms with Crippen LogP contribution in [0.15, 0.2) is 70.2 Å². The Morgan fingerprint density at radius 2 is 2.00 bits per heavy atom. The fraction of sp³-hybridized carbons (Fsp3) is 0.0909. The van der Waals surface area contributed by atoms with E-state index >= 15 is 0 Å². The Morgan fingerprint density at radius 1 is 1.18 bits per heavy atom. The smallest absolute Gasteiger partial charge is 0.371 e. The van der Waals surface area contributed by atoms with E-state index in [-0.39, 0.29) is 5.76 Å². The predicted molar refractivity (Wildman–Crippen MR) is 110 cm³/mol. The van der Waals surface area contributed by atoms with Crippen molar-refractivity contribution in [3.05, 3.63) is 88.5 Å². The number of fused-ring (bicyclic) bond motifs is 1. The lowest BCUT2D eigenvalue weighted by atomic mass is 10.2. The van der Waals surface area contributed by atoms with Gasteiger partial charge in [0.15, 0.2) is 0 Å². The van der Waals surface area contributed by atoms with Crippen molar-refractivity contribution in [2.24, 2.45) is 4.99 Å². The van der Waals surface area contributed by atoms with Gasteiger partial charge in [0.05, 0.1) is 12.2 Å². The molecule has 0 aliphatic carbocycles. The van der Waals surface area contributed by atoms with E-state index in [1.54, 1.807) is 6.07 Å². The van der Waals surface area contributed by atoms with Crippen LogP contribution in [0.5, 0.6) is 0 Å². The highest BCUT2D eigenvalue weighted by molar-refractivity contribution is 6.31. The maximum atomic E-state index is 11.0. The minimum absolute atomic E-state index is 0.0651. The summed E-state index contributed by atoms with van der Waals surface area (Å²) in [6.07, 6.45) is 3.80. The zero-order valence-corrected chi connectivity index (χ0v) is 15.8. The zero-order chi connectivity index (χ0) is 19.7. The van der Waals surface area contributed by atoms with Gasteiger partial charge in [0.25, 0.3) is 0 Å². The molecule has 140 valence electrons. The van der Waals surface area contributed by atoms with Crippen LogP contribution in [-0.2, 0) is 6.54 Å². The molecule has 0 unspecified atom stereocenters. The molecule has 0 atom stereocenters. The quantitative estimate of drug-likeness (QED) is 0.443. The lowest BCUT2D eigenvalue weighted by Gasteiger charge is -2.02. The Bertz CT molecular complexity index is 1200. The molecule has 0 spiro atoms. The highest BCUT2D eigenvalue weighted by Gasteiger charge is 2.12. The molecule has 0 bridgehead atoms. The molecular weight excluding hydrogens is 376 g/mol. The van der Waals surface area contributed by atoms with Gasteiger partial charge in [-0.15, -0.1) is 0 Å². The molecule has 4 aromatic rings. The number of furan rings is 1. The topological polar surface area (TPSA) is 67.7 Å². The molecule has 0 amide bonds.